The van der Waals surface area contributed by atoms with Gasteiger partial charge in [0.2, 0.25) is 0 Å². The minimum atomic E-state index is 0.162. The lowest BCUT2D eigenvalue weighted by molar-refractivity contribution is 0.791. The summed E-state index contributed by atoms with van der Waals surface area (Å²) in [6, 6.07) is 20.5. The largest absolute Gasteiger partial charge is 0.336 e. The second-order valence-corrected chi connectivity index (χ2v) is 6.40. The molecule has 2 aromatic carbocycles. The van der Waals surface area contributed by atoms with Crippen molar-refractivity contribution in [1.82, 2.24) is 0 Å². The van der Waals surface area contributed by atoms with E-state index in [1.165, 1.54) is 5.56 Å². The molecule has 0 spiro atoms. The SMILES string of the molecule is C/C=C/C(/C=C(\C#N)N(C)c1ccccc1)Cc1ccccc1Br. The van der Waals surface area contributed by atoms with E-state index in [0.29, 0.717) is 5.70 Å². The number of rotatable bonds is 6. The Morgan fingerprint density at radius 1 is 1.17 bits per heavy atom. The summed E-state index contributed by atoms with van der Waals surface area (Å²) in [5, 5.41) is 9.60. The first-order valence-electron chi connectivity index (χ1n) is 7.92. The van der Waals surface area contributed by atoms with Crippen LogP contribution in [0.1, 0.15) is 12.5 Å². The van der Waals surface area contributed by atoms with E-state index in [1.54, 1.807) is 0 Å². The first-order chi connectivity index (χ1) is 11.7. The fourth-order valence-electron chi connectivity index (χ4n) is 2.57. The minimum Gasteiger partial charge on any atom is -0.336 e. The molecule has 3 heteroatoms. The maximum atomic E-state index is 9.60. The molecule has 2 aromatic rings. The van der Waals surface area contributed by atoms with E-state index in [-0.39, 0.29) is 5.92 Å². The molecule has 1 atom stereocenters. The number of nitriles is 1. The van der Waals surface area contributed by atoms with Crippen molar-refractivity contribution < 1.29 is 0 Å². The quantitative estimate of drug-likeness (QED) is 0.472. The molecule has 0 saturated carbocycles. The van der Waals surface area contributed by atoms with Crippen LogP contribution >= 0.6 is 15.9 Å². The lowest BCUT2D eigenvalue weighted by Gasteiger charge is -2.20. The summed E-state index contributed by atoms with van der Waals surface area (Å²) < 4.78 is 1.10. The summed E-state index contributed by atoms with van der Waals surface area (Å²) in [4.78, 5) is 1.93. The van der Waals surface area contributed by atoms with E-state index >= 15 is 0 Å². The summed E-state index contributed by atoms with van der Waals surface area (Å²) in [6.07, 6.45) is 7.05. The Balaban J connectivity index is 2.27. The van der Waals surface area contributed by atoms with Gasteiger partial charge in [-0.2, -0.15) is 5.26 Å². The van der Waals surface area contributed by atoms with Crippen molar-refractivity contribution in [2.75, 3.05) is 11.9 Å². The smallest absolute Gasteiger partial charge is 0.117 e. The number of para-hydroxylation sites is 1. The molecule has 2 nitrogen and oxygen atoms in total. The van der Waals surface area contributed by atoms with E-state index < -0.39 is 0 Å². The van der Waals surface area contributed by atoms with E-state index in [0.717, 1.165) is 16.6 Å². The molecule has 2 rings (SSSR count). The van der Waals surface area contributed by atoms with Gasteiger partial charge in [0.25, 0.3) is 0 Å². The van der Waals surface area contributed by atoms with Crippen molar-refractivity contribution in [2.24, 2.45) is 5.92 Å². The van der Waals surface area contributed by atoms with Gasteiger partial charge in [-0.05, 0) is 43.2 Å². The summed E-state index contributed by atoms with van der Waals surface area (Å²) in [5.41, 5.74) is 2.89. The molecule has 122 valence electrons. The normalized spacial score (nSPS) is 12.8. The standard InChI is InChI=1S/C21H21BrN2/c1-3-9-17(14-18-10-7-8-13-21(18)22)15-20(16-23)24(2)19-11-5-4-6-12-19/h3-13,15,17H,14H2,1-2H3/b9-3+,20-15+. The average Bonchev–Trinajstić information content (AvgIpc) is 2.61. The van der Waals surface area contributed by atoms with Crippen LogP contribution in [-0.4, -0.2) is 7.05 Å². The highest BCUT2D eigenvalue weighted by Gasteiger charge is 2.11. The second kappa shape index (κ2) is 9.10. The predicted molar refractivity (Wildman–Crippen MR) is 105 cm³/mol. The van der Waals surface area contributed by atoms with Crippen molar-refractivity contribution in [3.8, 4) is 6.07 Å². The molecule has 0 aliphatic rings. The van der Waals surface area contributed by atoms with E-state index in [4.69, 9.17) is 0 Å². The molecule has 24 heavy (non-hydrogen) atoms. The predicted octanol–water partition coefficient (Wildman–Crippen LogP) is 5.73. The van der Waals surface area contributed by atoms with E-state index in [1.807, 2.05) is 79.6 Å². The van der Waals surface area contributed by atoms with Crippen molar-refractivity contribution in [3.63, 3.8) is 0 Å². The first-order valence-corrected chi connectivity index (χ1v) is 8.72. The maximum Gasteiger partial charge on any atom is 0.117 e. The third kappa shape index (κ3) is 4.84. The van der Waals surface area contributed by atoms with Crippen LogP contribution in [0.15, 0.2) is 83.0 Å². The van der Waals surface area contributed by atoms with Gasteiger partial charge in [-0.15, -0.1) is 0 Å². The van der Waals surface area contributed by atoms with Gasteiger partial charge in [-0.1, -0.05) is 64.5 Å². The van der Waals surface area contributed by atoms with E-state index in [2.05, 4.69) is 34.1 Å². The summed E-state index contributed by atoms with van der Waals surface area (Å²) in [7, 11) is 1.93. The highest BCUT2D eigenvalue weighted by atomic mass is 79.9. The average molecular weight is 381 g/mol. The van der Waals surface area contributed by atoms with Crippen molar-refractivity contribution in [3.05, 3.63) is 88.6 Å². The fourth-order valence-corrected chi connectivity index (χ4v) is 3.01. The Labute approximate surface area is 152 Å². The Morgan fingerprint density at radius 2 is 1.83 bits per heavy atom. The van der Waals surface area contributed by atoms with Crippen LogP contribution in [0.3, 0.4) is 0 Å². The monoisotopic (exact) mass is 380 g/mol. The number of benzene rings is 2. The highest BCUT2D eigenvalue weighted by Crippen LogP contribution is 2.23. The summed E-state index contributed by atoms with van der Waals surface area (Å²) in [6.45, 7) is 2.01. The molecule has 0 saturated heterocycles. The molecule has 0 aromatic heterocycles. The Kier molecular flexibility index (Phi) is 6.84. The Morgan fingerprint density at radius 3 is 2.46 bits per heavy atom. The maximum absolute atomic E-state index is 9.60. The number of allylic oxidation sites excluding steroid dienone is 4. The van der Waals surface area contributed by atoms with Gasteiger partial charge >= 0.3 is 0 Å². The fraction of sp³-hybridized carbons (Fsp3) is 0.190. The molecular formula is C21H21BrN2. The van der Waals surface area contributed by atoms with Crippen LogP contribution in [0.25, 0.3) is 0 Å². The lowest BCUT2D eigenvalue weighted by Crippen LogP contribution is -2.16. The topological polar surface area (TPSA) is 27.0 Å². The van der Waals surface area contributed by atoms with Crippen molar-refractivity contribution in [1.29, 1.82) is 5.26 Å². The van der Waals surface area contributed by atoms with E-state index in [9.17, 15) is 5.26 Å². The second-order valence-electron chi connectivity index (χ2n) is 5.54. The summed E-state index contributed by atoms with van der Waals surface area (Å²) >= 11 is 3.60. The third-order valence-corrected chi connectivity index (χ3v) is 4.62. The zero-order valence-corrected chi connectivity index (χ0v) is 15.6. The van der Waals surface area contributed by atoms with Gasteiger partial charge in [0.05, 0.1) is 0 Å². The molecule has 0 radical (unpaired) electrons. The van der Waals surface area contributed by atoms with Crippen LogP contribution in [0, 0.1) is 17.2 Å². The van der Waals surface area contributed by atoms with Gasteiger partial charge < -0.3 is 4.90 Å². The zero-order valence-electron chi connectivity index (χ0n) is 14.0. The molecule has 0 bridgehead atoms. The molecule has 1 unspecified atom stereocenters. The number of anilines is 1. The van der Waals surface area contributed by atoms with Crippen molar-refractivity contribution in [2.45, 2.75) is 13.3 Å². The van der Waals surface area contributed by atoms with Crippen LogP contribution < -0.4 is 4.90 Å². The van der Waals surface area contributed by atoms with Crippen LogP contribution in [0.2, 0.25) is 0 Å². The number of halogens is 1. The third-order valence-electron chi connectivity index (χ3n) is 3.84. The van der Waals surface area contributed by atoms with Crippen LogP contribution in [0.4, 0.5) is 5.69 Å². The number of hydrogen-bond donors (Lipinski definition) is 0. The Bertz CT molecular complexity index is 757. The van der Waals surface area contributed by atoms with Gasteiger partial charge in [0.15, 0.2) is 0 Å². The van der Waals surface area contributed by atoms with Crippen LogP contribution in [0.5, 0.6) is 0 Å². The number of nitrogens with zero attached hydrogens (tertiary/aromatic N) is 2. The van der Waals surface area contributed by atoms with Crippen LogP contribution in [-0.2, 0) is 6.42 Å². The van der Waals surface area contributed by atoms with Gasteiger partial charge in [-0.25, -0.2) is 0 Å². The highest BCUT2D eigenvalue weighted by molar-refractivity contribution is 9.10. The Hall–Kier alpha value is -2.31. The molecule has 0 amide bonds. The van der Waals surface area contributed by atoms with Gasteiger partial charge in [0, 0.05) is 23.1 Å². The molecule has 0 fully saturated rings. The molecular weight excluding hydrogens is 360 g/mol. The van der Waals surface area contributed by atoms with Gasteiger partial charge in [-0.3, -0.25) is 0 Å². The molecule has 0 heterocycles. The van der Waals surface area contributed by atoms with Crippen molar-refractivity contribution >= 4 is 21.6 Å². The summed E-state index contributed by atoms with van der Waals surface area (Å²) in [5.74, 6) is 0.162. The molecule has 0 aliphatic carbocycles. The zero-order chi connectivity index (χ0) is 17.4. The van der Waals surface area contributed by atoms with Gasteiger partial charge in [0.1, 0.15) is 11.8 Å². The molecule has 0 aliphatic heterocycles. The number of hydrogen-bond acceptors (Lipinski definition) is 2. The molecule has 0 N–H and O–H groups in total. The first kappa shape index (κ1) is 18.0. The minimum absolute atomic E-state index is 0.162. The lowest BCUT2D eigenvalue weighted by atomic mass is 9.97.